The average Bonchev–Trinajstić information content (AvgIpc) is 2.91. The molecule has 1 amide bonds. The van der Waals surface area contributed by atoms with Crippen molar-refractivity contribution < 1.29 is 19.1 Å². The predicted octanol–water partition coefficient (Wildman–Crippen LogP) is 1.99. The first kappa shape index (κ1) is 14.4. The van der Waals surface area contributed by atoms with Gasteiger partial charge in [0.15, 0.2) is 0 Å². The van der Waals surface area contributed by atoms with E-state index in [-0.39, 0.29) is 11.9 Å². The van der Waals surface area contributed by atoms with E-state index in [1.165, 1.54) is 0 Å². The van der Waals surface area contributed by atoms with E-state index in [9.17, 15) is 14.7 Å². The molecule has 1 aromatic heterocycles. The van der Waals surface area contributed by atoms with Crippen molar-refractivity contribution in [1.82, 2.24) is 5.32 Å². The third-order valence-electron chi connectivity index (χ3n) is 3.56. The normalized spacial score (nSPS) is 23.2. The van der Waals surface area contributed by atoms with Crippen LogP contribution in [0.5, 0.6) is 0 Å². The minimum absolute atomic E-state index is 0.0889. The molecule has 1 aliphatic rings. The van der Waals surface area contributed by atoms with Gasteiger partial charge in [0, 0.05) is 12.5 Å². The maximum Gasteiger partial charge on any atom is 0.307 e. The number of nitrogens with one attached hydrogen (secondary N) is 1. The van der Waals surface area contributed by atoms with Gasteiger partial charge in [-0.1, -0.05) is 12.2 Å². The lowest BCUT2D eigenvalue weighted by Gasteiger charge is -2.25. The maximum atomic E-state index is 12.2. The number of furan rings is 1. The van der Waals surface area contributed by atoms with Gasteiger partial charge in [-0.3, -0.25) is 9.59 Å². The van der Waals surface area contributed by atoms with E-state index in [0.717, 1.165) is 5.76 Å². The van der Waals surface area contributed by atoms with E-state index in [1.54, 1.807) is 12.3 Å². The highest BCUT2D eigenvalue weighted by molar-refractivity contribution is 5.85. The summed E-state index contributed by atoms with van der Waals surface area (Å²) in [5, 5.41) is 12.0. The second kappa shape index (κ2) is 6.41. The lowest BCUT2D eigenvalue weighted by Crippen LogP contribution is -2.43. The Kier molecular flexibility index (Phi) is 4.61. The molecule has 2 rings (SSSR count). The third kappa shape index (κ3) is 3.50. The SMILES string of the molecule is CC(Cc1ccco1)NC(=O)[C@@H]1CC=CC[C@@H]1C(=O)O. The minimum atomic E-state index is -0.909. The monoisotopic (exact) mass is 277 g/mol. The van der Waals surface area contributed by atoms with Crippen LogP contribution in [-0.2, 0) is 16.0 Å². The number of hydrogen-bond donors (Lipinski definition) is 2. The molecule has 1 unspecified atom stereocenters. The van der Waals surface area contributed by atoms with Gasteiger partial charge >= 0.3 is 5.97 Å². The Morgan fingerprint density at radius 2 is 2.10 bits per heavy atom. The van der Waals surface area contributed by atoms with Crippen molar-refractivity contribution in [2.45, 2.75) is 32.2 Å². The largest absolute Gasteiger partial charge is 0.481 e. The summed E-state index contributed by atoms with van der Waals surface area (Å²) in [6.45, 7) is 1.88. The quantitative estimate of drug-likeness (QED) is 0.807. The van der Waals surface area contributed by atoms with Gasteiger partial charge in [-0.05, 0) is 31.9 Å². The molecular weight excluding hydrogens is 258 g/mol. The number of carbonyl (C=O) groups is 2. The highest BCUT2D eigenvalue weighted by Crippen LogP contribution is 2.26. The molecule has 5 heteroatoms. The molecule has 0 fully saturated rings. The number of allylic oxidation sites excluding steroid dienone is 2. The number of aliphatic carboxylic acids is 1. The van der Waals surface area contributed by atoms with Gasteiger partial charge in [0.1, 0.15) is 5.76 Å². The zero-order valence-electron chi connectivity index (χ0n) is 11.4. The fourth-order valence-electron chi connectivity index (χ4n) is 2.51. The third-order valence-corrected chi connectivity index (χ3v) is 3.56. The summed E-state index contributed by atoms with van der Waals surface area (Å²) in [7, 11) is 0. The van der Waals surface area contributed by atoms with Crippen molar-refractivity contribution in [3.63, 3.8) is 0 Å². The molecule has 0 spiro atoms. The highest BCUT2D eigenvalue weighted by atomic mass is 16.4. The van der Waals surface area contributed by atoms with Crippen LogP contribution < -0.4 is 5.32 Å². The average molecular weight is 277 g/mol. The molecule has 0 aromatic carbocycles. The first-order valence-corrected chi connectivity index (χ1v) is 6.78. The summed E-state index contributed by atoms with van der Waals surface area (Å²) >= 11 is 0. The molecular formula is C15H19NO4. The van der Waals surface area contributed by atoms with E-state index in [0.29, 0.717) is 19.3 Å². The second-order valence-corrected chi connectivity index (χ2v) is 5.19. The first-order chi connectivity index (χ1) is 9.58. The van der Waals surface area contributed by atoms with E-state index >= 15 is 0 Å². The van der Waals surface area contributed by atoms with Crippen LogP contribution in [0.25, 0.3) is 0 Å². The maximum absolute atomic E-state index is 12.2. The molecule has 2 N–H and O–H groups in total. The highest BCUT2D eigenvalue weighted by Gasteiger charge is 2.34. The van der Waals surface area contributed by atoms with Gasteiger partial charge in [0.05, 0.1) is 18.1 Å². The Labute approximate surface area is 117 Å². The van der Waals surface area contributed by atoms with E-state index in [4.69, 9.17) is 4.42 Å². The molecule has 0 radical (unpaired) electrons. The Morgan fingerprint density at radius 1 is 1.40 bits per heavy atom. The van der Waals surface area contributed by atoms with Crippen LogP contribution in [-0.4, -0.2) is 23.0 Å². The lowest BCUT2D eigenvalue weighted by atomic mass is 9.82. The number of amides is 1. The van der Waals surface area contributed by atoms with Gasteiger partial charge in [-0.25, -0.2) is 0 Å². The minimum Gasteiger partial charge on any atom is -0.481 e. The smallest absolute Gasteiger partial charge is 0.307 e. The number of carbonyl (C=O) groups excluding carboxylic acids is 1. The molecule has 108 valence electrons. The van der Waals surface area contributed by atoms with Crippen molar-refractivity contribution in [2.75, 3.05) is 0 Å². The molecule has 0 saturated heterocycles. The topological polar surface area (TPSA) is 79.5 Å². The summed E-state index contributed by atoms with van der Waals surface area (Å²) in [5.41, 5.74) is 0. The van der Waals surface area contributed by atoms with Crippen LogP contribution in [0.2, 0.25) is 0 Å². The van der Waals surface area contributed by atoms with E-state index in [1.807, 2.05) is 25.1 Å². The van der Waals surface area contributed by atoms with Crippen LogP contribution in [0.15, 0.2) is 35.0 Å². The zero-order valence-corrected chi connectivity index (χ0v) is 11.4. The van der Waals surface area contributed by atoms with Gasteiger partial charge in [0.25, 0.3) is 0 Å². The molecule has 3 atom stereocenters. The number of carboxylic acid groups (broad SMARTS) is 1. The van der Waals surface area contributed by atoms with E-state index < -0.39 is 17.8 Å². The molecule has 0 bridgehead atoms. The summed E-state index contributed by atoms with van der Waals surface area (Å²) in [4.78, 5) is 23.4. The van der Waals surface area contributed by atoms with Gasteiger partial charge in [0.2, 0.25) is 5.91 Å². The Balaban J connectivity index is 1.93. The van der Waals surface area contributed by atoms with Crippen molar-refractivity contribution in [1.29, 1.82) is 0 Å². The Morgan fingerprint density at radius 3 is 2.70 bits per heavy atom. The molecule has 20 heavy (non-hydrogen) atoms. The Hall–Kier alpha value is -2.04. The van der Waals surface area contributed by atoms with Gasteiger partial charge < -0.3 is 14.8 Å². The molecule has 5 nitrogen and oxygen atoms in total. The van der Waals surface area contributed by atoms with Crippen molar-refractivity contribution in [3.05, 3.63) is 36.3 Å². The van der Waals surface area contributed by atoms with Crippen molar-refractivity contribution >= 4 is 11.9 Å². The van der Waals surface area contributed by atoms with Gasteiger partial charge in [-0.2, -0.15) is 0 Å². The molecule has 0 aliphatic heterocycles. The zero-order chi connectivity index (χ0) is 14.5. The predicted molar refractivity (Wildman–Crippen MR) is 73.0 cm³/mol. The lowest BCUT2D eigenvalue weighted by molar-refractivity contribution is -0.147. The standard InChI is InChI=1S/C15H19NO4/c1-10(9-11-5-4-8-20-11)16-14(17)12-6-2-3-7-13(12)15(18)19/h2-5,8,10,12-13H,6-7,9H2,1H3,(H,16,17)(H,18,19)/t10?,12-,13+/m1/s1. The van der Waals surface area contributed by atoms with Gasteiger partial charge in [-0.15, -0.1) is 0 Å². The Bertz CT molecular complexity index is 492. The fourth-order valence-corrected chi connectivity index (χ4v) is 2.51. The second-order valence-electron chi connectivity index (χ2n) is 5.19. The summed E-state index contributed by atoms with van der Waals surface area (Å²) in [5.74, 6) is -1.42. The van der Waals surface area contributed by atoms with Crippen LogP contribution in [0.4, 0.5) is 0 Å². The van der Waals surface area contributed by atoms with Crippen molar-refractivity contribution in [3.8, 4) is 0 Å². The molecule has 1 aliphatic carbocycles. The van der Waals surface area contributed by atoms with E-state index in [2.05, 4.69) is 5.32 Å². The number of rotatable bonds is 5. The molecule has 0 saturated carbocycles. The first-order valence-electron chi connectivity index (χ1n) is 6.78. The van der Waals surface area contributed by atoms with Crippen LogP contribution in [0, 0.1) is 11.8 Å². The van der Waals surface area contributed by atoms with Crippen LogP contribution in [0.1, 0.15) is 25.5 Å². The molecule has 1 aromatic rings. The summed E-state index contributed by atoms with van der Waals surface area (Å²) < 4.78 is 5.23. The van der Waals surface area contributed by atoms with Crippen molar-refractivity contribution in [2.24, 2.45) is 11.8 Å². The summed E-state index contributed by atoms with van der Waals surface area (Å²) in [6.07, 6.45) is 6.79. The number of hydrogen-bond acceptors (Lipinski definition) is 3. The number of carboxylic acids is 1. The van der Waals surface area contributed by atoms with Crippen LogP contribution >= 0.6 is 0 Å². The summed E-state index contributed by atoms with van der Waals surface area (Å²) in [6, 6.07) is 3.57. The fraction of sp³-hybridized carbons (Fsp3) is 0.467. The van der Waals surface area contributed by atoms with Crippen LogP contribution in [0.3, 0.4) is 0 Å². The molecule has 1 heterocycles.